The summed E-state index contributed by atoms with van der Waals surface area (Å²) in [4.78, 5) is 18.2. The van der Waals surface area contributed by atoms with Gasteiger partial charge in [0.05, 0.1) is 23.7 Å². The molecule has 5 rings (SSSR count). The summed E-state index contributed by atoms with van der Waals surface area (Å²) in [5.74, 6) is 1.49. The van der Waals surface area contributed by atoms with E-state index >= 15 is 0 Å². The van der Waals surface area contributed by atoms with Crippen LogP contribution in [0.4, 0.5) is 0 Å². The fraction of sp³-hybridized carbons (Fsp3) is 0.167. The summed E-state index contributed by atoms with van der Waals surface area (Å²) in [6.45, 7) is 0. The first-order valence-corrected chi connectivity index (χ1v) is 9.62. The van der Waals surface area contributed by atoms with Gasteiger partial charge in [0.25, 0.3) is 5.56 Å². The molecule has 4 aromatic rings. The minimum atomic E-state index is -0.0719. The molecule has 1 fully saturated rings. The second kappa shape index (κ2) is 6.78. The maximum atomic E-state index is 13.3. The zero-order chi connectivity index (χ0) is 20.0. The molecule has 1 aliphatic rings. The lowest BCUT2D eigenvalue weighted by Gasteiger charge is -2.14. The van der Waals surface area contributed by atoms with E-state index in [-0.39, 0.29) is 23.1 Å². The highest BCUT2D eigenvalue weighted by Gasteiger charge is 2.44. The highest BCUT2D eigenvalue weighted by molar-refractivity contribution is 5.78. The van der Waals surface area contributed by atoms with Crippen molar-refractivity contribution in [3.63, 3.8) is 0 Å². The van der Waals surface area contributed by atoms with Crippen molar-refractivity contribution in [2.24, 2.45) is 0 Å². The number of fused-ring (bicyclic) bond motifs is 1. The van der Waals surface area contributed by atoms with Gasteiger partial charge in [0.15, 0.2) is 11.5 Å². The predicted molar refractivity (Wildman–Crippen MR) is 112 cm³/mol. The van der Waals surface area contributed by atoms with E-state index in [1.807, 2.05) is 66.7 Å². The van der Waals surface area contributed by atoms with Crippen molar-refractivity contribution in [2.75, 3.05) is 7.11 Å². The van der Waals surface area contributed by atoms with Crippen molar-refractivity contribution in [1.82, 2.24) is 9.55 Å². The molecular formula is C24H20N2O3. The second-order valence-electron chi connectivity index (χ2n) is 7.31. The maximum absolute atomic E-state index is 13.3. The molecule has 2 atom stereocenters. The van der Waals surface area contributed by atoms with Gasteiger partial charge in [-0.3, -0.25) is 9.36 Å². The minimum absolute atomic E-state index is 0.0468. The number of hydrogen-bond acceptors (Lipinski definition) is 4. The van der Waals surface area contributed by atoms with Crippen molar-refractivity contribution in [1.29, 1.82) is 0 Å². The second-order valence-corrected chi connectivity index (χ2v) is 7.31. The molecule has 1 aliphatic carbocycles. The van der Waals surface area contributed by atoms with Crippen molar-refractivity contribution >= 4 is 10.9 Å². The first kappa shape index (κ1) is 17.5. The quantitative estimate of drug-likeness (QED) is 0.567. The zero-order valence-corrected chi connectivity index (χ0v) is 15.9. The van der Waals surface area contributed by atoms with Crippen LogP contribution < -0.4 is 10.3 Å². The van der Waals surface area contributed by atoms with Gasteiger partial charge in [-0.2, -0.15) is 0 Å². The van der Waals surface area contributed by atoms with E-state index in [2.05, 4.69) is 0 Å². The van der Waals surface area contributed by atoms with Gasteiger partial charge < -0.3 is 9.84 Å². The Kier molecular flexibility index (Phi) is 4.09. The lowest BCUT2D eigenvalue weighted by molar-refractivity contribution is 0.370. The standard InChI is InChI=1S/C24H20N2O3/c1-29-21-13-7-11-16(22(21)27)18-14-19(18)23-25-20-12-6-5-10-17(20)24(28)26(23)15-8-3-2-4-9-15/h2-13,18-19,27H,14H2,1H3/t18-,19+/m0/s1. The number of methoxy groups -OCH3 is 1. The van der Waals surface area contributed by atoms with Crippen LogP contribution in [-0.2, 0) is 0 Å². The normalized spacial score (nSPS) is 18.0. The molecule has 0 unspecified atom stereocenters. The molecule has 5 heteroatoms. The molecule has 0 radical (unpaired) electrons. The first-order valence-electron chi connectivity index (χ1n) is 9.62. The van der Waals surface area contributed by atoms with Crippen LogP contribution in [0.1, 0.15) is 29.6 Å². The third kappa shape index (κ3) is 2.86. The van der Waals surface area contributed by atoms with Gasteiger partial charge in [-0.25, -0.2) is 4.98 Å². The molecule has 1 saturated carbocycles. The van der Waals surface area contributed by atoms with E-state index in [9.17, 15) is 9.90 Å². The van der Waals surface area contributed by atoms with E-state index < -0.39 is 0 Å². The van der Waals surface area contributed by atoms with Crippen LogP contribution >= 0.6 is 0 Å². The van der Waals surface area contributed by atoms with Crippen LogP contribution in [0.5, 0.6) is 11.5 Å². The first-order chi connectivity index (χ1) is 14.2. The Morgan fingerprint density at radius 1 is 0.966 bits per heavy atom. The Balaban J connectivity index is 1.67. The molecule has 0 aliphatic heterocycles. The molecule has 5 nitrogen and oxygen atoms in total. The number of rotatable bonds is 4. The maximum Gasteiger partial charge on any atom is 0.265 e. The number of nitrogens with zero attached hydrogens (tertiary/aromatic N) is 2. The number of phenolic OH excluding ortho intramolecular Hbond substituents is 1. The molecule has 0 bridgehead atoms. The molecular weight excluding hydrogens is 364 g/mol. The van der Waals surface area contributed by atoms with Crippen LogP contribution in [-0.4, -0.2) is 21.8 Å². The molecule has 144 valence electrons. The summed E-state index contributed by atoms with van der Waals surface area (Å²) in [7, 11) is 1.54. The lowest BCUT2D eigenvalue weighted by Crippen LogP contribution is -2.23. The smallest absolute Gasteiger partial charge is 0.265 e. The van der Waals surface area contributed by atoms with E-state index in [0.29, 0.717) is 16.7 Å². The van der Waals surface area contributed by atoms with Crippen molar-refractivity contribution < 1.29 is 9.84 Å². The summed E-state index contributed by atoms with van der Waals surface area (Å²) in [5, 5.41) is 11.2. The van der Waals surface area contributed by atoms with Gasteiger partial charge in [0.2, 0.25) is 0 Å². The number of ether oxygens (including phenoxy) is 1. The minimum Gasteiger partial charge on any atom is -0.504 e. The number of aromatic hydroxyl groups is 1. The molecule has 0 amide bonds. The van der Waals surface area contributed by atoms with Crippen LogP contribution in [0.2, 0.25) is 0 Å². The summed E-state index contributed by atoms with van der Waals surface area (Å²) in [5.41, 5.74) is 2.25. The third-order valence-corrected chi connectivity index (χ3v) is 5.59. The molecule has 29 heavy (non-hydrogen) atoms. The topological polar surface area (TPSA) is 64.3 Å². The van der Waals surface area contributed by atoms with Crippen LogP contribution in [0.15, 0.2) is 77.6 Å². The number of para-hydroxylation sites is 3. The Morgan fingerprint density at radius 3 is 2.52 bits per heavy atom. The van der Waals surface area contributed by atoms with Crippen LogP contribution in [0.3, 0.4) is 0 Å². The summed E-state index contributed by atoms with van der Waals surface area (Å²) in [6.07, 6.45) is 0.818. The lowest BCUT2D eigenvalue weighted by atomic mass is 10.1. The Morgan fingerprint density at radius 2 is 1.72 bits per heavy atom. The fourth-order valence-corrected chi connectivity index (χ4v) is 4.05. The molecule has 0 saturated heterocycles. The predicted octanol–water partition coefficient (Wildman–Crippen LogP) is 4.37. The summed E-state index contributed by atoms with van der Waals surface area (Å²) < 4.78 is 6.97. The average molecular weight is 384 g/mol. The Hall–Kier alpha value is -3.60. The number of benzene rings is 3. The van der Waals surface area contributed by atoms with Gasteiger partial charge in [0.1, 0.15) is 5.82 Å². The molecule has 1 heterocycles. The fourth-order valence-electron chi connectivity index (χ4n) is 4.05. The van der Waals surface area contributed by atoms with Gasteiger partial charge in [-0.05, 0) is 42.7 Å². The number of hydrogen-bond donors (Lipinski definition) is 1. The molecule has 1 aromatic heterocycles. The van der Waals surface area contributed by atoms with Gasteiger partial charge in [-0.1, -0.05) is 42.5 Å². The number of aromatic nitrogens is 2. The van der Waals surface area contributed by atoms with Gasteiger partial charge in [-0.15, -0.1) is 0 Å². The monoisotopic (exact) mass is 384 g/mol. The third-order valence-electron chi connectivity index (χ3n) is 5.59. The zero-order valence-electron chi connectivity index (χ0n) is 15.9. The van der Waals surface area contributed by atoms with E-state index in [4.69, 9.17) is 9.72 Å². The summed E-state index contributed by atoms with van der Waals surface area (Å²) >= 11 is 0. The van der Waals surface area contributed by atoms with Crippen molar-refractivity contribution in [3.05, 3.63) is 94.5 Å². The molecule has 0 spiro atoms. The van der Waals surface area contributed by atoms with Crippen LogP contribution in [0, 0.1) is 0 Å². The molecule has 3 aromatic carbocycles. The van der Waals surface area contributed by atoms with Crippen molar-refractivity contribution in [3.8, 4) is 17.2 Å². The number of phenols is 1. The van der Waals surface area contributed by atoms with Gasteiger partial charge >= 0.3 is 0 Å². The summed E-state index contributed by atoms with van der Waals surface area (Å²) in [6, 6.07) is 22.6. The highest BCUT2D eigenvalue weighted by atomic mass is 16.5. The van der Waals surface area contributed by atoms with E-state index in [1.54, 1.807) is 17.7 Å². The van der Waals surface area contributed by atoms with Crippen molar-refractivity contribution in [2.45, 2.75) is 18.3 Å². The van der Waals surface area contributed by atoms with E-state index in [0.717, 1.165) is 23.5 Å². The van der Waals surface area contributed by atoms with E-state index in [1.165, 1.54) is 0 Å². The Labute approximate surface area is 167 Å². The SMILES string of the molecule is COc1cccc([C@@H]2C[C@H]2c2nc3ccccc3c(=O)n2-c2ccccc2)c1O. The Bertz CT molecular complexity index is 1260. The highest BCUT2D eigenvalue weighted by Crippen LogP contribution is 2.57. The van der Waals surface area contributed by atoms with Crippen LogP contribution in [0.25, 0.3) is 16.6 Å². The largest absolute Gasteiger partial charge is 0.504 e. The molecule has 1 N–H and O–H groups in total. The average Bonchev–Trinajstić information content (AvgIpc) is 3.55. The van der Waals surface area contributed by atoms with Gasteiger partial charge in [0, 0.05) is 11.5 Å².